The standard InChI is InChI=1S/C28H36N4O2P2/c1-3-9-21(10-4-1)31-17-23-13-7-15-29(23)35(31)25-19-33-28-26(20-34-27(25)28)36-30-16-8-14-24(30)18-32(36)22-11-5-2-6-12-22/h1-6,9-12,23-28H,7-8,13-20H2/t23-,24-,25+,26+,27+,28+,35?,36?/m0/s1. The number of ether oxygens (including phenoxy) is 2. The number of hydrogen-bond donors (Lipinski definition) is 0. The van der Waals surface area contributed by atoms with Crippen molar-refractivity contribution < 1.29 is 9.47 Å². The summed E-state index contributed by atoms with van der Waals surface area (Å²) >= 11 is 0. The molecule has 6 aliphatic rings. The molecule has 8 heteroatoms. The molecule has 8 atom stereocenters. The van der Waals surface area contributed by atoms with Crippen LogP contribution < -0.4 is 9.34 Å². The summed E-state index contributed by atoms with van der Waals surface area (Å²) in [6, 6.07) is 23.6. The van der Waals surface area contributed by atoms with E-state index < -0.39 is 16.4 Å². The van der Waals surface area contributed by atoms with Crippen molar-refractivity contribution in [3.05, 3.63) is 60.7 Å². The molecule has 0 radical (unpaired) electrons. The molecule has 0 aliphatic carbocycles. The molecule has 2 unspecified atom stereocenters. The maximum Gasteiger partial charge on any atom is 0.0963 e. The first-order valence-corrected chi connectivity index (χ1v) is 16.5. The molecule has 0 bridgehead atoms. The summed E-state index contributed by atoms with van der Waals surface area (Å²) in [7, 11) is -0.917. The van der Waals surface area contributed by atoms with Gasteiger partial charge in [0, 0.05) is 49.6 Å². The van der Waals surface area contributed by atoms with E-state index in [4.69, 9.17) is 9.47 Å². The van der Waals surface area contributed by atoms with E-state index in [2.05, 4.69) is 79.3 Å². The van der Waals surface area contributed by atoms with Crippen molar-refractivity contribution in [2.75, 3.05) is 48.7 Å². The molecule has 0 amide bonds. The maximum absolute atomic E-state index is 6.79. The second kappa shape index (κ2) is 9.19. The van der Waals surface area contributed by atoms with Crippen LogP contribution in [0.4, 0.5) is 11.4 Å². The lowest BCUT2D eigenvalue weighted by atomic mass is 10.2. The summed E-state index contributed by atoms with van der Waals surface area (Å²) in [6.07, 6.45) is 5.81. The van der Waals surface area contributed by atoms with Crippen molar-refractivity contribution in [2.45, 2.75) is 61.3 Å². The third-order valence-electron chi connectivity index (χ3n) is 9.18. The Morgan fingerprint density at radius 1 is 0.611 bits per heavy atom. The van der Waals surface area contributed by atoms with Gasteiger partial charge in [-0.2, -0.15) is 0 Å². The summed E-state index contributed by atoms with van der Waals surface area (Å²) in [5.41, 5.74) is 3.70. The Morgan fingerprint density at radius 3 is 1.50 bits per heavy atom. The van der Waals surface area contributed by atoms with E-state index >= 15 is 0 Å². The average Bonchev–Trinajstić information content (AvgIpc) is 3.73. The van der Waals surface area contributed by atoms with Crippen LogP contribution in [0.2, 0.25) is 0 Å². The Hall–Kier alpha value is -1.26. The zero-order chi connectivity index (χ0) is 23.6. The molecule has 0 N–H and O–H groups in total. The third kappa shape index (κ3) is 3.52. The Balaban J connectivity index is 1.09. The molecule has 6 saturated heterocycles. The SMILES string of the molecule is c1ccc(N2C[C@@H]3CCCN3P2[C@@H]2CO[C@H]3[C@@H]2OC[C@H]3P2N(c3ccccc3)C[C@@H]3CCCN32)cc1. The fourth-order valence-electron chi connectivity index (χ4n) is 7.64. The van der Waals surface area contributed by atoms with Crippen LogP contribution in [-0.4, -0.2) is 84.3 Å². The largest absolute Gasteiger partial charge is 0.374 e. The van der Waals surface area contributed by atoms with Crippen molar-refractivity contribution in [1.29, 1.82) is 0 Å². The van der Waals surface area contributed by atoms with Crippen LogP contribution >= 0.6 is 16.4 Å². The number of hydrogen-bond acceptors (Lipinski definition) is 6. The fourth-order valence-corrected chi connectivity index (χ4v) is 14.3. The van der Waals surface area contributed by atoms with Crippen LogP contribution in [0.5, 0.6) is 0 Å². The zero-order valence-corrected chi connectivity index (χ0v) is 22.6. The second-order valence-corrected chi connectivity index (χ2v) is 15.7. The topological polar surface area (TPSA) is 31.4 Å². The minimum atomic E-state index is -0.459. The zero-order valence-electron chi connectivity index (χ0n) is 20.8. The number of fused-ring (bicyclic) bond motifs is 3. The number of para-hydroxylation sites is 2. The first-order chi connectivity index (χ1) is 17.9. The average molecular weight is 523 g/mol. The molecule has 2 aromatic carbocycles. The van der Waals surface area contributed by atoms with Crippen LogP contribution in [0.3, 0.4) is 0 Å². The summed E-state index contributed by atoms with van der Waals surface area (Å²) in [5, 5.41) is 0. The van der Waals surface area contributed by atoms with Crippen LogP contribution in [0.1, 0.15) is 25.7 Å². The molecule has 0 aromatic heterocycles. The van der Waals surface area contributed by atoms with Gasteiger partial charge in [0.15, 0.2) is 0 Å². The summed E-state index contributed by atoms with van der Waals surface area (Å²) in [4.78, 5) is 0. The number of rotatable bonds is 4. The van der Waals surface area contributed by atoms with Gasteiger partial charge in [0.1, 0.15) is 0 Å². The summed E-state index contributed by atoms with van der Waals surface area (Å²) < 4.78 is 24.8. The molecular weight excluding hydrogens is 486 g/mol. The van der Waals surface area contributed by atoms with Crippen molar-refractivity contribution in [3.8, 4) is 0 Å². The predicted octanol–water partition coefficient (Wildman–Crippen LogP) is 5.11. The predicted molar refractivity (Wildman–Crippen MR) is 148 cm³/mol. The van der Waals surface area contributed by atoms with E-state index in [1.165, 1.54) is 50.1 Å². The molecule has 0 saturated carbocycles. The Kier molecular flexibility index (Phi) is 5.79. The lowest BCUT2D eigenvalue weighted by Gasteiger charge is -2.36. The highest BCUT2D eigenvalue weighted by molar-refractivity contribution is 7.58. The highest BCUT2D eigenvalue weighted by atomic mass is 31.1. The van der Waals surface area contributed by atoms with Crippen molar-refractivity contribution in [2.24, 2.45) is 0 Å². The number of benzene rings is 2. The molecule has 36 heavy (non-hydrogen) atoms. The lowest BCUT2D eigenvalue weighted by Crippen LogP contribution is -2.36. The highest BCUT2D eigenvalue weighted by Crippen LogP contribution is 2.66. The molecule has 0 spiro atoms. The van der Waals surface area contributed by atoms with Crippen molar-refractivity contribution in [1.82, 2.24) is 9.34 Å². The number of anilines is 2. The normalized spacial score (nSPS) is 40.2. The Bertz CT molecular complexity index is 994. The molecule has 8 rings (SSSR count). The van der Waals surface area contributed by atoms with Crippen LogP contribution in [-0.2, 0) is 9.47 Å². The lowest BCUT2D eigenvalue weighted by molar-refractivity contribution is 0.0739. The van der Waals surface area contributed by atoms with Crippen LogP contribution in [0.15, 0.2) is 60.7 Å². The van der Waals surface area contributed by atoms with E-state index in [1.807, 2.05) is 0 Å². The smallest absolute Gasteiger partial charge is 0.0963 e. The van der Waals surface area contributed by atoms with Gasteiger partial charge in [0.2, 0.25) is 0 Å². The summed E-state index contributed by atoms with van der Waals surface area (Å²) in [6.45, 7) is 6.50. The molecule has 6 aliphatic heterocycles. The highest BCUT2D eigenvalue weighted by Gasteiger charge is 2.60. The minimum absolute atomic E-state index is 0.230. The number of nitrogens with zero attached hydrogens (tertiary/aromatic N) is 4. The van der Waals surface area contributed by atoms with Gasteiger partial charge in [-0.15, -0.1) is 0 Å². The van der Waals surface area contributed by atoms with Gasteiger partial charge in [-0.1, -0.05) is 36.4 Å². The molecule has 6 heterocycles. The van der Waals surface area contributed by atoms with E-state index in [0.29, 0.717) is 23.4 Å². The third-order valence-corrected chi connectivity index (χ3v) is 15.1. The fraction of sp³-hybridized carbons (Fsp3) is 0.571. The van der Waals surface area contributed by atoms with Gasteiger partial charge in [-0.3, -0.25) is 9.34 Å². The van der Waals surface area contributed by atoms with E-state index in [-0.39, 0.29) is 12.2 Å². The maximum atomic E-state index is 6.79. The second-order valence-electron chi connectivity index (χ2n) is 11.1. The van der Waals surface area contributed by atoms with Gasteiger partial charge in [-0.25, -0.2) is 0 Å². The van der Waals surface area contributed by atoms with E-state index in [1.54, 1.807) is 0 Å². The van der Waals surface area contributed by atoms with Crippen molar-refractivity contribution >= 4 is 27.8 Å². The van der Waals surface area contributed by atoms with Crippen LogP contribution in [0.25, 0.3) is 0 Å². The first-order valence-electron chi connectivity index (χ1n) is 13.9. The van der Waals surface area contributed by atoms with Gasteiger partial charge in [-0.05, 0) is 49.9 Å². The molecule has 190 valence electrons. The quantitative estimate of drug-likeness (QED) is 0.519. The van der Waals surface area contributed by atoms with Crippen LogP contribution in [0, 0.1) is 0 Å². The first kappa shape index (κ1) is 22.7. The van der Waals surface area contributed by atoms with Gasteiger partial charge in [0.05, 0.1) is 53.2 Å². The molecule has 6 fully saturated rings. The molecule has 6 nitrogen and oxygen atoms in total. The van der Waals surface area contributed by atoms with E-state index in [0.717, 1.165) is 26.3 Å². The van der Waals surface area contributed by atoms with Gasteiger partial charge in [0.25, 0.3) is 0 Å². The molecular formula is C28H36N4O2P2. The minimum Gasteiger partial charge on any atom is -0.374 e. The van der Waals surface area contributed by atoms with E-state index in [9.17, 15) is 0 Å². The van der Waals surface area contributed by atoms with Gasteiger partial charge >= 0.3 is 0 Å². The Labute approximate surface area is 217 Å². The van der Waals surface area contributed by atoms with Gasteiger partial charge < -0.3 is 18.8 Å². The summed E-state index contributed by atoms with van der Waals surface area (Å²) in [5.74, 6) is 0. The van der Waals surface area contributed by atoms with Crippen molar-refractivity contribution in [3.63, 3.8) is 0 Å². The monoisotopic (exact) mass is 522 g/mol. The Morgan fingerprint density at radius 2 is 1.06 bits per heavy atom. The molecule has 2 aromatic rings.